The van der Waals surface area contributed by atoms with E-state index in [-0.39, 0.29) is 29.9 Å². The SMILES string of the molecule is CCCC(=O)Nc1ccc(CN=C(NCC)NCCCOCC(C)C)cc1.I. The second kappa shape index (κ2) is 16.6. The smallest absolute Gasteiger partial charge is 0.224 e. The van der Waals surface area contributed by atoms with Crippen LogP contribution in [0.25, 0.3) is 0 Å². The van der Waals surface area contributed by atoms with Gasteiger partial charge in [0.25, 0.3) is 0 Å². The standard InChI is InChI=1S/C21H36N4O2.HI/c1-5-8-20(26)25-19-11-9-18(10-12-19)15-24-21(22-6-2)23-13-7-14-27-16-17(3)4;/h9-12,17H,5-8,13-16H2,1-4H3,(H,25,26)(H2,22,23,24);1H. The van der Waals surface area contributed by atoms with Crippen LogP contribution in [-0.2, 0) is 16.1 Å². The van der Waals surface area contributed by atoms with Gasteiger partial charge >= 0.3 is 0 Å². The lowest BCUT2D eigenvalue weighted by Crippen LogP contribution is -2.38. The largest absolute Gasteiger partial charge is 0.381 e. The lowest BCUT2D eigenvalue weighted by Gasteiger charge is -2.12. The molecule has 0 bridgehead atoms. The van der Waals surface area contributed by atoms with E-state index < -0.39 is 0 Å². The fourth-order valence-electron chi connectivity index (χ4n) is 2.36. The third kappa shape index (κ3) is 12.9. The fourth-order valence-corrected chi connectivity index (χ4v) is 2.36. The van der Waals surface area contributed by atoms with Gasteiger partial charge in [-0.3, -0.25) is 4.79 Å². The molecule has 160 valence electrons. The molecular weight excluding hydrogens is 467 g/mol. The Morgan fingerprint density at radius 2 is 1.86 bits per heavy atom. The zero-order valence-corrected chi connectivity index (χ0v) is 20.0. The third-order valence-electron chi connectivity index (χ3n) is 3.69. The minimum Gasteiger partial charge on any atom is -0.381 e. The summed E-state index contributed by atoms with van der Waals surface area (Å²) in [5.41, 5.74) is 1.92. The molecule has 0 aliphatic rings. The van der Waals surface area contributed by atoms with Crippen molar-refractivity contribution >= 4 is 41.5 Å². The average Bonchev–Trinajstić information content (AvgIpc) is 2.63. The van der Waals surface area contributed by atoms with Gasteiger partial charge in [-0.05, 0) is 43.4 Å². The number of rotatable bonds is 12. The molecule has 0 unspecified atom stereocenters. The van der Waals surface area contributed by atoms with Crippen LogP contribution in [0.2, 0.25) is 0 Å². The summed E-state index contributed by atoms with van der Waals surface area (Å²) in [6, 6.07) is 7.83. The van der Waals surface area contributed by atoms with Gasteiger partial charge in [-0.1, -0.05) is 32.9 Å². The highest BCUT2D eigenvalue weighted by atomic mass is 127. The first-order valence-corrected chi connectivity index (χ1v) is 10.0. The van der Waals surface area contributed by atoms with E-state index in [1.165, 1.54) is 0 Å². The van der Waals surface area contributed by atoms with E-state index in [0.29, 0.717) is 18.9 Å². The molecule has 1 amide bonds. The van der Waals surface area contributed by atoms with Crippen molar-refractivity contribution in [2.45, 2.75) is 53.5 Å². The molecule has 1 aromatic carbocycles. The van der Waals surface area contributed by atoms with Gasteiger partial charge in [0.2, 0.25) is 5.91 Å². The van der Waals surface area contributed by atoms with Crippen molar-refractivity contribution in [1.82, 2.24) is 10.6 Å². The Balaban J connectivity index is 0.00000729. The molecule has 3 N–H and O–H groups in total. The van der Waals surface area contributed by atoms with Gasteiger partial charge in [0, 0.05) is 38.4 Å². The summed E-state index contributed by atoms with van der Waals surface area (Å²) in [5, 5.41) is 9.48. The van der Waals surface area contributed by atoms with Crippen LogP contribution in [0.1, 0.15) is 52.5 Å². The van der Waals surface area contributed by atoms with E-state index in [1.54, 1.807) is 0 Å². The van der Waals surface area contributed by atoms with Crippen LogP contribution in [0.15, 0.2) is 29.3 Å². The predicted molar refractivity (Wildman–Crippen MR) is 128 cm³/mol. The quantitative estimate of drug-likeness (QED) is 0.173. The Hall–Kier alpha value is -1.35. The fraction of sp³-hybridized carbons (Fsp3) is 0.619. The Bertz CT molecular complexity index is 562. The number of carbonyl (C=O) groups is 1. The van der Waals surface area contributed by atoms with Crippen LogP contribution in [0, 0.1) is 5.92 Å². The number of aliphatic imine (C=N–C) groups is 1. The second-order valence-corrected chi connectivity index (χ2v) is 6.94. The summed E-state index contributed by atoms with van der Waals surface area (Å²) >= 11 is 0. The first-order valence-electron chi connectivity index (χ1n) is 10.0. The maximum absolute atomic E-state index is 11.6. The molecule has 0 heterocycles. The minimum absolute atomic E-state index is 0. The van der Waals surface area contributed by atoms with Gasteiger partial charge in [-0.15, -0.1) is 24.0 Å². The maximum Gasteiger partial charge on any atom is 0.224 e. The molecule has 28 heavy (non-hydrogen) atoms. The number of carbonyl (C=O) groups excluding carboxylic acids is 1. The van der Waals surface area contributed by atoms with Gasteiger partial charge in [-0.2, -0.15) is 0 Å². The van der Waals surface area contributed by atoms with Crippen LogP contribution in [0.5, 0.6) is 0 Å². The molecule has 0 spiro atoms. The lowest BCUT2D eigenvalue weighted by atomic mass is 10.2. The Morgan fingerprint density at radius 1 is 1.14 bits per heavy atom. The van der Waals surface area contributed by atoms with Crippen molar-refractivity contribution in [3.05, 3.63) is 29.8 Å². The average molecular weight is 504 g/mol. The third-order valence-corrected chi connectivity index (χ3v) is 3.69. The monoisotopic (exact) mass is 504 g/mol. The number of ether oxygens (including phenoxy) is 1. The molecule has 0 aliphatic heterocycles. The van der Waals surface area contributed by atoms with Crippen molar-refractivity contribution in [2.75, 3.05) is 31.6 Å². The van der Waals surface area contributed by atoms with Gasteiger partial charge < -0.3 is 20.7 Å². The van der Waals surface area contributed by atoms with Crippen molar-refractivity contribution in [1.29, 1.82) is 0 Å². The number of nitrogens with zero attached hydrogens (tertiary/aromatic N) is 1. The first kappa shape index (κ1) is 26.6. The number of hydrogen-bond donors (Lipinski definition) is 3. The van der Waals surface area contributed by atoms with Crippen LogP contribution < -0.4 is 16.0 Å². The highest BCUT2D eigenvalue weighted by Gasteiger charge is 2.02. The second-order valence-electron chi connectivity index (χ2n) is 6.94. The molecule has 0 aliphatic carbocycles. The van der Waals surface area contributed by atoms with Crippen LogP contribution in [0.3, 0.4) is 0 Å². The summed E-state index contributed by atoms with van der Waals surface area (Å²) in [4.78, 5) is 16.2. The summed E-state index contributed by atoms with van der Waals surface area (Å²) in [7, 11) is 0. The Labute approximate surface area is 187 Å². The van der Waals surface area contributed by atoms with Gasteiger partial charge in [0.15, 0.2) is 5.96 Å². The number of amides is 1. The molecule has 6 nitrogen and oxygen atoms in total. The summed E-state index contributed by atoms with van der Waals surface area (Å²) < 4.78 is 5.59. The van der Waals surface area contributed by atoms with Crippen LogP contribution in [-0.4, -0.2) is 38.2 Å². The molecule has 7 heteroatoms. The summed E-state index contributed by atoms with van der Waals surface area (Å²) in [6.45, 7) is 12.2. The molecule has 0 radical (unpaired) electrons. The first-order chi connectivity index (χ1) is 13.0. The Kier molecular flexibility index (Phi) is 15.8. The summed E-state index contributed by atoms with van der Waals surface area (Å²) in [5.74, 6) is 1.43. The molecular formula is C21H37IN4O2. The van der Waals surface area contributed by atoms with E-state index in [0.717, 1.165) is 56.4 Å². The number of benzene rings is 1. The van der Waals surface area contributed by atoms with E-state index in [9.17, 15) is 4.79 Å². The van der Waals surface area contributed by atoms with Gasteiger partial charge in [-0.25, -0.2) is 4.99 Å². The topological polar surface area (TPSA) is 74.8 Å². The van der Waals surface area contributed by atoms with Gasteiger partial charge in [0.1, 0.15) is 0 Å². The molecule has 0 fully saturated rings. The molecule has 0 atom stereocenters. The number of anilines is 1. The zero-order chi connectivity index (χ0) is 19.9. The van der Waals surface area contributed by atoms with E-state index >= 15 is 0 Å². The van der Waals surface area contributed by atoms with E-state index in [4.69, 9.17) is 4.74 Å². The number of hydrogen-bond acceptors (Lipinski definition) is 3. The normalized spacial score (nSPS) is 11.1. The highest BCUT2D eigenvalue weighted by Crippen LogP contribution is 2.11. The molecule has 1 rings (SSSR count). The lowest BCUT2D eigenvalue weighted by molar-refractivity contribution is -0.116. The number of halogens is 1. The van der Waals surface area contributed by atoms with Crippen molar-refractivity contribution in [2.24, 2.45) is 10.9 Å². The molecule has 0 aromatic heterocycles. The van der Waals surface area contributed by atoms with Crippen molar-refractivity contribution in [3.8, 4) is 0 Å². The zero-order valence-electron chi connectivity index (χ0n) is 17.7. The molecule has 1 aromatic rings. The van der Waals surface area contributed by atoms with Crippen molar-refractivity contribution < 1.29 is 9.53 Å². The number of nitrogens with one attached hydrogen (secondary N) is 3. The van der Waals surface area contributed by atoms with E-state index in [2.05, 4.69) is 41.7 Å². The molecule has 0 saturated heterocycles. The van der Waals surface area contributed by atoms with Crippen LogP contribution in [0.4, 0.5) is 5.69 Å². The van der Waals surface area contributed by atoms with Crippen molar-refractivity contribution in [3.63, 3.8) is 0 Å². The summed E-state index contributed by atoms with van der Waals surface area (Å²) in [6.07, 6.45) is 2.35. The Morgan fingerprint density at radius 3 is 2.46 bits per heavy atom. The maximum atomic E-state index is 11.6. The highest BCUT2D eigenvalue weighted by molar-refractivity contribution is 14.0. The predicted octanol–water partition coefficient (Wildman–Crippen LogP) is 4.16. The van der Waals surface area contributed by atoms with Crippen LogP contribution >= 0.6 is 24.0 Å². The van der Waals surface area contributed by atoms with E-state index in [1.807, 2.05) is 31.2 Å². The van der Waals surface area contributed by atoms with Gasteiger partial charge in [0.05, 0.1) is 6.54 Å². The molecule has 0 saturated carbocycles. The minimum atomic E-state index is 0. The number of guanidine groups is 1.